The summed E-state index contributed by atoms with van der Waals surface area (Å²) in [7, 11) is 4.77. The molecular weight excluding hydrogens is 304 g/mol. The number of hydrogen-bond donors (Lipinski definition) is 3. The van der Waals surface area contributed by atoms with E-state index in [2.05, 4.69) is 4.98 Å². The van der Waals surface area contributed by atoms with Crippen molar-refractivity contribution in [3.63, 3.8) is 0 Å². The van der Waals surface area contributed by atoms with E-state index in [1.54, 1.807) is 18.7 Å². The van der Waals surface area contributed by atoms with Crippen LogP contribution in [0.2, 0.25) is 0 Å². The second-order valence-electron chi connectivity index (χ2n) is 5.11. The molecule has 1 atom stereocenters. The van der Waals surface area contributed by atoms with Gasteiger partial charge in [-0.15, -0.1) is 0 Å². The minimum atomic E-state index is -0.955. The van der Waals surface area contributed by atoms with Crippen molar-refractivity contribution in [3.05, 3.63) is 27.2 Å². The van der Waals surface area contributed by atoms with Crippen LogP contribution in [0.1, 0.15) is 12.8 Å². The minimum Gasteiger partial charge on any atom is -0.480 e. The highest BCUT2D eigenvalue weighted by molar-refractivity contribution is 5.72. The first-order valence-electron chi connectivity index (χ1n) is 6.97. The fraction of sp³-hybridized carbons (Fsp3) is 0.538. The Morgan fingerprint density at radius 2 is 1.91 bits per heavy atom. The summed E-state index contributed by atoms with van der Waals surface area (Å²) in [4.78, 5) is 37.2. The van der Waals surface area contributed by atoms with Gasteiger partial charge in [-0.05, 0) is 19.4 Å². The molecule has 10 nitrogen and oxygen atoms in total. The molecular formula is C13H22N6O4. The zero-order valence-corrected chi connectivity index (χ0v) is 13.4. The molecule has 23 heavy (non-hydrogen) atoms. The van der Waals surface area contributed by atoms with Crippen molar-refractivity contribution >= 4 is 17.1 Å². The lowest BCUT2D eigenvalue weighted by atomic mass is 10.2. The maximum Gasteiger partial charge on any atom is 0.332 e. The number of nitrogens with two attached hydrogens (primary N) is 2. The van der Waals surface area contributed by atoms with Gasteiger partial charge in [0.15, 0.2) is 11.2 Å². The van der Waals surface area contributed by atoms with Gasteiger partial charge in [0.2, 0.25) is 0 Å². The van der Waals surface area contributed by atoms with Crippen molar-refractivity contribution < 1.29 is 9.90 Å². The van der Waals surface area contributed by atoms with Crippen LogP contribution < -0.4 is 22.7 Å². The molecule has 10 heteroatoms. The minimum absolute atomic E-state index is 0.317. The third-order valence-electron chi connectivity index (χ3n) is 3.35. The third kappa shape index (κ3) is 4.05. The van der Waals surface area contributed by atoms with E-state index < -0.39 is 12.0 Å². The van der Waals surface area contributed by atoms with Crippen LogP contribution in [0.3, 0.4) is 0 Å². The van der Waals surface area contributed by atoms with E-state index in [0.717, 1.165) is 4.57 Å². The molecule has 0 radical (unpaired) electrons. The van der Waals surface area contributed by atoms with Crippen LogP contribution in [-0.4, -0.2) is 42.3 Å². The quantitative estimate of drug-likeness (QED) is 0.594. The van der Waals surface area contributed by atoms with Crippen molar-refractivity contribution in [1.29, 1.82) is 0 Å². The Bertz CT molecular complexity index is 803. The molecule has 0 amide bonds. The number of aromatic nitrogens is 4. The SMILES string of the molecule is Cn1c(=O)c2c(ncn2C)n(C)c1=O.NCCC[C@H](N)C(=O)O. The van der Waals surface area contributed by atoms with Crippen LogP contribution in [0.5, 0.6) is 0 Å². The molecule has 2 heterocycles. The number of hydrogen-bond acceptors (Lipinski definition) is 6. The molecule has 0 saturated carbocycles. The number of imidazole rings is 1. The summed E-state index contributed by atoms with van der Waals surface area (Å²) in [5, 5.41) is 8.24. The highest BCUT2D eigenvalue weighted by Crippen LogP contribution is 2.01. The number of carboxylic acids is 1. The summed E-state index contributed by atoms with van der Waals surface area (Å²) in [6.45, 7) is 0.501. The average Bonchev–Trinajstić information content (AvgIpc) is 2.90. The number of carbonyl (C=O) groups is 1. The van der Waals surface area contributed by atoms with Crippen LogP contribution in [0, 0.1) is 0 Å². The zero-order chi connectivity index (χ0) is 17.7. The van der Waals surface area contributed by atoms with Gasteiger partial charge in [-0.25, -0.2) is 9.78 Å². The van der Waals surface area contributed by atoms with Gasteiger partial charge in [0.1, 0.15) is 6.04 Å². The Hall–Kier alpha value is -2.46. The number of fused-ring (bicyclic) bond motifs is 1. The first-order chi connectivity index (χ1) is 10.7. The highest BCUT2D eigenvalue weighted by atomic mass is 16.4. The maximum absolute atomic E-state index is 11.7. The summed E-state index contributed by atoms with van der Waals surface area (Å²) in [6.07, 6.45) is 2.66. The summed E-state index contributed by atoms with van der Waals surface area (Å²) < 4.78 is 4.04. The van der Waals surface area contributed by atoms with E-state index in [0.29, 0.717) is 30.6 Å². The molecule has 0 bridgehead atoms. The fourth-order valence-corrected chi connectivity index (χ4v) is 1.93. The van der Waals surface area contributed by atoms with Gasteiger partial charge >= 0.3 is 11.7 Å². The molecule has 128 valence electrons. The molecule has 0 aromatic carbocycles. The van der Waals surface area contributed by atoms with E-state index in [-0.39, 0.29) is 11.2 Å². The first-order valence-corrected chi connectivity index (χ1v) is 6.97. The molecule has 2 aromatic rings. The predicted octanol–water partition coefficient (Wildman–Crippen LogP) is -1.89. The lowest BCUT2D eigenvalue weighted by Gasteiger charge is -2.02. The summed E-state index contributed by atoms with van der Waals surface area (Å²) in [6, 6.07) is -0.742. The van der Waals surface area contributed by atoms with Crippen molar-refractivity contribution in [2.45, 2.75) is 18.9 Å². The van der Waals surface area contributed by atoms with Gasteiger partial charge in [0, 0.05) is 21.1 Å². The molecule has 0 saturated heterocycles. The van der Waals surface area contributed by atoms with E-state index in [1.807, 2.05) is 0 Å². The van der Waals surface area contributed by atoms with Crippen LogP contribution in [0.15, 0.2) is 15.9 Å². The van der Waals surface area contributed by atoms with E-state index in [4.69, 9.17) is 16.6 Å². The van der Waals surface area contributed by atoms with Gasteiger partial charge < -0.3 is 21.1 Å². The molecule has 0 fully saturated rings. The zero-order valence-electron chi connectivity index (χ0n) is 13.4. The molecule has 0 unspecified atom stereocenters. The third-order valence-corrected chi connectivity index (χ3v) is 3.35. The topological polar surface area (TPSA) is 151 Å². The van der Waals surface area contributed by atoms with E-state index in [9.17, 15) is 14.4 Å². The molecule has 0 spiro atoms. The van der Waals surface area contributed by atoms with Crippen molar-refractivity contribution in [3.8, 4) is 0 Å². The molecule has 5 N–H and O–H groups in total. The first kappa shape index (κ1) is 18.6. The lowest BCUT2D eigenvalue weighted by Crippen LogP contribution is -2.37. The second kappa shape index (κ2) is 7.70. The molecule has 0 aliphatic rings. The number of rotatable bonds is 4. The fourth-order valence-electron chi connectivity index (χ4n) is 1.93. The van der Waals surface area contributed by atoms with E-state index >= 15 is 0 Å². The Balaban J connectivity index is 0.000000257. The Morgan fingerprint density at radius 3 is 2.43 bits per heavy atom. The Kier molecular flexibility index (Phi) is 6.22. The Morgan fingerprint density at radius 1 is 1.30 bits per heavy atom. The van der Waals surface area contributed by atoms with Crippen molar-refractivity contribution in [1.82, 2.24) is 18.7 Å². The van der Waals surface area contributed by atoms with Gasteiger partial charge in [-0.3, -0.25) is 18.7 Å². The van der Waals surface area contributed by atoms with Gasteiger partial charge in [0.05, 0.1) is 6.33 Å². The number of nitrogens with zero attached hydrogens (tertiary/aromatic N) is 4. The second-order valence-corrected chi connectivity index (χ2v) is 5.11. The van der Waals surface area contributed by atoms with Gasteiger partial charge in [0.25, 0.3) is 5.56 Å². The molecule has 2 rings (SSSR count). The molecule has 2 aromatic heterocycles. The molecule has 0 aliphatic heterocycles. The maximum atomic E-state index is 11.7. The highest BCUT2D eigenvalue weighted by Gasteiger charge is 2.11. The summed E-state index contributed by atoms with van der Waals surface area (Å²) in [5.41, 5.74) is 10.5. The lowest BCUT2D eigenvalue weighted by molar-refractivity contribution is -0.138. The Labute approximate surface area is 131 Å². The summed E-state index contributed by atoms with van der Waals surface area (Å²) >= 11 is 0. The van der Waals surface area contributed by atoms with Crippen LogP contribution in [0.4, 0.5) is 0 Å². The van der Waals surface area contributed by atoms with Crippen LogP contribution in [0.25, 0.3) is 11.2 Å². The van der Waals surface area contributed by atoms with Crippen LogP contribution in [-0.2, 0) is 25.9 Å². The average molecular weight is 326 g/mol. The van der Waals surface area contributed by atoms with Gasteiger partial charge in [-0.1, -0.05) is 0 Å². The number of aryl methyl sites for hydroxylation is 2. The van der Waals surface area contributed by atoms with Crippen molar-refractivity contribution in [2.75, 3.05) is 6.54 Å². The van der Waals surface area contributed by atoms with Gasteiger partial charge in [-0.2, -0.15) is 0 Å². The standard InChI is InChI=1S/C8H10N4O2.C5H12N2O2/c1-10-4-9-6-5(10)7(13)12(3)8(14)11(6)2;6-3-1-2-4(7)5(8)9/h4H,1-3H3;4H,1-3,6-7H2,(H,8,9)/t;4-/m.0/s1. The molecule has 0 aliphatic carbocycles. The largest absolute Gasteiger partial charge is 0.480 e. The smallest absolute Gasteiger partial charge is 0.332 e. The predicted molar refractivity (Wildman–Crippen MR) is 85.1 cm³/mol. The monoisotopic (exact) mass is 326 g/mol. The normalized spacial score (nSPS) is 11.9. The van der Waals surface area contributed by atoms with Crippen molar-refractivity contribution in [2.24, 2.45) is 32.6 Å². The number of carboxylic acid groups (broad SMARTS) is 1. The van der Waals surface area contributed by atoms with Crippen LogP contribution >= 0.6 is 0 Å². The number of aliphatic carboxylic acids is 1. The summed E-state index contributed by atoms with van der Waals surface area (Å²) in [5.74, 6) is -0.955. The van der Waals surface area contributed by atoms with E-state index in [1.165, 1.54) is 17.9 Å².